The minimum absolute atomic E-state index is 0.119. The Labute approximate surface area is 98.4 Å². The summed E-state index contributed by atoms with van der Waals surface area (Å²) in [5.41, 5.74) is 0. The molecule has 7 heteroatoms. The first-order valence-corrected chi connectivity index (χ1v) is 5.97. The molecule has 1 aliphatic rings. The van der Waals surface area contributed by atoms with Crippen LogP contribution in [0.4, 0.5) is 0 Å². The molecular weight excluding hydrogens is 282 g/mol. The van der Waals surface area contributed by atoms with E-state index in [-0.39, 0.29) is 11.8 Å². The van der Waals surface area contributed by atoms with Gasteiger partial charge in [0.15, 0.2) is 3.92 Å². The molecule has 1 aliphatic heterocycles. The monoisotopic (exact) mass is 289 g/mol. The van der Waals surface area contributed by atoms with E-state index in [1.807, 2.05) is 0 Å². The van der Waals surface area contributed by atoms with Gasteiger partial charge in [-0.1, -0.05) is 0 Å². The summed E-state index contributed by atoms with van der Waals surface area (Å²) >= 11 is 4.42. The number of carbonyl (C=O) groups excluding carboxylic acids is 2. The molecule has 0 aromatic carbocycles. The highest BCUT2D eigenvalue weighted by Gasteiger charge is 2.26. The molecule has 2 amide bonds. The number of halogens is 1. The Balaban J connectivity index is 2.00. The summed E-state index contributed by atoms with van der Waals surface area (Å²) in [7, 11) is 0. The SMILES string of the molecule is O=C(NC1CCNC1=O)c1cnc(Br)s1. The lowest BCUT2D eigenvalue weighted by Gasteiger charge is -2.07. The Kier molecular flexibility index (Phi) is 3.01. The first-order valence-electron chi connectivity index (χ1n) is 4.37. The molecule has 2 heterocycles. The molecule has 1 saturated heterocycles. The molecule has 1 aromatic heterocycles. The number of nitrogens with one attached hydrogen (secondary N) is 2. The summed E-state index contributed by atoms with van der Waals surface area (Å²) < 4.78 is 0.656. The van der Waals surface area contributed by atoms with E-state index in [9.17, 15) is 9.59 Å². The van der Waals surface area contributed by atoms with Crippen molar-refractivity contribution in [1.82, 2.24) is 15.6 Å². The van der Waals surface area contributed by atoms with Crippen LogP contribution >= 0.6 is 27.3 Å². The molecule has 15 heavy (non-hydrogen) atoms. The van der Waals surface area contributed by atoms with Gasteiger partial charge in [0.1, 0.15) is 10.9 Å². The van der Waals surface area contributed by atoms with Crippen LogP contribution in [0.2, 0.25) is 0 Å². The Bertz CT molecular complexity index is 406. The van der Waals surface area contributed by atoms with Gasteiger partial charge in [0.25, 0.3) is 5.91 Å². The second-order valence-corrected chi connectivity index (χ2v) is 5.39. The van der Waals surface area contributed by atoms with Gasteiger partial charge >= 0.3 is 0 Å². The Morgan fingerprint density at radius 1 is 1.73 bits per heavy atom. The highest BCUT2D eigenvalue weighted by molar-refractivity contribution is 9.11. The minimum Gasteiger partial charge on any atom is -0.354 e. The van der Waals surface area contributed by atoms with Crippen LogP contribution < -0.4 is 10.6 Å². The Morgan fingerprint density at radius 3 is 3.07 bits per heavy atom. The topological polar surface area (TPSA) is 71.1 Å². The maximum Gasteiger partial charge on any atom is 0.263 e. The number of carbonyl (C=O) groups is 2. The number of amides is 2. The number of thiazole rings is 1. The van der Waals surface area contributed by atoms with Gasteiger partial charge in [-0.15, -0.1) is 11.3 Å². The van der Waals surface area contributed by atoms with Crippen molar-refractivity contribution in [3.05, 3.63) is 15.0 Å². The van der Waals surface area contributed by atoms with Crippen molar-refractivity contribution >= 4 is 39.1 Å². The second-order valence-electron chi connectivity index (χ2n) is 3.08. The van der Waals surface area contributed by atoms with E-state index in [2.05, 4.69) is 31.5 Å². The van der Waals surface area contributed by atoms with E-state index >= 15 is 0 Å². The molecule has 0 bridgehead atoms. The average molecular weight is 290 g/mol. The summed E-state index contributed by atoms with van der Waals surface area (Å²) in [6.45, 7) is 0.621. The molecular formula is C8H8BrN3O2S. The van der Waals surface area contributed by atoms with Crippen LogP contribution in [0.1, 0.15) is 16.1 Å². The molecule has 0 radical (unpaired) electrons. The maximum absolute atomic E-state index is 11.6. The zero-order chi connectivity index (χ0) is 10.8. The summed E-state index contributed by atoms with van der Waals surface area (Å²) in [4.78, 5) is 27.2. The van der Waals surface area contributed by atoms with E-state index in [0.717, 1.165) is 0 Å². The highest BCUT2D eigenvalue weighted by Crippen LogP contribution is 2.18. The third kappa shape index (κ3) is 2.35. The predicted octanol–water partition coefficient (Wildman–Crippen LogP) is 0.524. The molecule has 1 fully saturated rings. The standard InChI is InChI=1S/C8H8BrN3O2S/c9-8-11-3-5(15-8)7(14)12-4-1-2-10-6(4)13/h3-4H,1-2H2,(H,10,13)(H,12,14). The smallest absolute Gasteiger partial charge is 0.263 e. The fourth-order valence-electron chi connectivity index (χ4n) is 1.32. The van der Waals surface area contributed by atoms with Crippen molar-refractivity contribution in [3.63, 3.8) is 0 Å². The van der Waals surface area contributed by atoms with Crippen LogP contribution in [-0.4, -0.2) is 29.4 Å². The third-order valence-corrected chi connectivity index (χ3v) is 3.53. The van der Waals surface area contributed by atoms with Crippen molar-refractivity contribution in [2.45, 2.75) is 12.5 Å². The molecule has 2 N–H and O–H groups in total. The molecule has 0 aliphatic carbocycles. The molecule has 1 unspecified atom stereocenters. The highest BCUT2D eigenvalue weighted by atomic mass is 79.9. The van der Waals surface area contributed by atoms with Crippen molar-refractivity contribution in [2.75, 3.05) is 6.54 Å². The van der Waals surface area contributed by atoms with Gasteiger partial charge in [-0.2, -0.15) is 0 Å². The Morgan fingerprint density at radius 2 is 2.53 bits per heavy atom. The van der Waals surface area contributed by atoms with Gasteiger partial charge in [-0.25, -0.2) is 4.98 Å². The molecule has 5 nitrogen and oxygen atoms in total. The van der Waals surface area contributed by atoms with E-state index < -0.39 is 6.04 Å². The third-order valence-electron chi connectivity index (χ3n) is 2.06. The number of rotatable bonds is 2. The van der Waals surface area contributed by atoms with Crippen LogP contribution in [-0.2, 0) is 4.79 Å². The van der Waals surface area contributed by atoms with E-state index in [1.165, 1.54) is 17.5 Å². The molecule has 2 rings (SSSR count). The van der Waals surface area contributed by atoms with Crippen LogP contribution in [0.25, 0.3) is 0 Å². The zero-order valence-corrected chi connectivity index (χ0v) is 10.0. The van der Waals surface area contributed by atoms with Gasteiger partial charge in [0.2, 0.25) is 5.91 Å². The van der Waals surface area contributed by atoms with Gasteiger partial charge in [0.05, 0.1) is 6.20 Å². The normalized spacial score (nSPS) is 20.1. The molecule has 80 valence electrons. The summed E-state index contributed by atoms with van der Waals surface area (Å²) in [5.74, 6) is -0.368. The van der Waals surface area contributed by atoms with Crippen molar-refractivity contribution < 1.29 is 9.59 Å². The lowest BCUT2D eigenvalue weighted by Crippen LogP contribution is -2.39. The lowest BCUT2D eigenvalue weighted by atomic mass is 10.2. The average Bonchev–Trinajstić information content (AvgIpc) is 2.77. The van der Waals surface area contributed by atoms with E-state index in [4.69, 9.17) is 0 Å². The number of hydrogen-bond donors (Lipinski definition) is 2. The molecule has 1 atom stereocenters. The number of aromatic nitrogens is 1. The van der Waals surface area contributed by atoms with Crippen molar-refractivity contribution in [1.29, 1.82) is 0 Å². The zero-order valence-electron chi connectivity index (χ0n) is 7.62. The van der Waals surface area contributed by atoms with Gasteiger partial charge in [-0.05, 0) is 22.4 Å². The van der Waals surface area contributed by atoms with E-state index in [0.29, 0.717) is 21.8 Å². The Hall–Kier alpha value is -0.950. The lowest BCUT2D eigenvalue weighted by molar-refractivity contribution is -0.120. The fourth-order valence-corrected chi connectivity index (χ4v) is 2.49. The number of hydrogen-bond acceptors (Lipinski definition) is 4. The second kappa shape index (κ2) is 4.28. The minimum atomic E-state index is -0.404. The molecule has 1 aromatic rings. The van der Waals surface area contributed by atoms with Gasteiger partial charge < -0.3 is 10.6 Å². The van der Waals surface area contributed by atoms with Crippen LogP contribution in [0, 0.1) is 0 Å². The summed E-state index contributed by atoms with van der Waals surface area (Å²) in [5, 5.41) is 5.31. The first kappa shape index (κ1) is 10.6. The van der Waals surface area contributed by atoms with Crippen molar-refractivity contribution in [3.8, 4) is 0 Å². The molecule has 0 saturated carbocycles. The van der Waals surface area contributed by atoms with Crippen LogP contribution in [0.15, 0.2) is 10.1 Å². The first-order chi connectivity index (χ1) is 7.16. The molecule has 0 spiro atoms. The van der Waals surface area contributed by atoms with Gasteiger partial charge in [0, 0.05) is 6.54 Å². The largest absolute Gasteiger partial charge is 0.354 e. The fraction of sp³-hybridized carbons (Fsp3) is 0.375. The van der Waals surface area contributed by atoms with Crippen molar-refractivity contribution in [2.24, 2.45) is 0 Å². The maximum atomic E-state index is 11.6. The number of nitrogens with zero attached hydrogens (tertiary/aromatic N) is 1. The van der Waals surface area contributed by atoms with Crippen LogP contribution in [0.3, 0.4) is 0 Å². The predicted molar refractivity (Wildman–Crippen MR) is 58.7 cm³/mol. The summed E-state index contributed by atoms with van der Waals surface area (Å²) in [6, 6.07) is -0.404. The quantitative estimate of drug-likeness (QED) is 0.834. The van der Waals surface area contributed by atoms with Crippen LogP contribution in [0.5, 0.6) is 0 Å². The van der Waals surface area contributed by atoms with Gasteiger partial charge in [-0.3, -0.25) is 9.59 Å². The summed E-state index contributed by atoms with van der Waals surface area (Å²) in [6.07, 6.45) is 2.13. The van der Waals surface area contributed by atoms with E-state index in [1.54, 1.807) is 0 Å².